The van der Waals surface area contributed by atoms with E-state index in [1.54, 1.807) is 0 Å². The van der Waals surface area contributed by atoms with Crippen molar-refractivity contribution in [2.24, 2.45) is 0 Å². The number of aromatic nitrogens is 1. The highest BCUT2D eigenvalue weighted by atomic mass is 19.1. The molecule has 3 aromatic carbocycles. The lowest BCUT2D eigenvalue weighted by atomic mass is 9.98. The first-order chi connectivity index (χ1) is 11.3. The lowest BCUT2D eigenvalue weighted by Crippen LogP contribution is -1.89. The zero-order valence-electron chi connectivity index (χ0n) is 12.4. The molecule has 23 heavy (non-hydrogen) atoms. The van der Waals surface area contributed by atoms with Crippen LogP contribution in [0.2, 0.25) is 0 Å². The number of para-hydroxylation sites is 1. The smallest absolute Gasteiger partial charge is 0.123 e. The van der Waals surface area contributed by atoms with E-state index < -0.39 is 0 Å². The zero-order chi connectivity index (χ0) is 15.6. The topological polar surface area (TPSA) is 12.9 Å². The lowest BCUT2D eigenvalue weighted by Gasteiger charge is -2.10. The van der Waals surface area contributed by atoms with Crippen molar-refractivity contribution in [1.29, 1.82) is 0 Å². The van der Waals surface area contributed by atoms with E-state index in [0.717, 1.165) is 33.3 Å². The molecule has 0 saturated heterocycles. The molecule has 0 unspecified atom stereocenters. The Labute approximate surface area is 134 Å². The van der Waals surface area contributed by atoms with Crippen LogP contribution < -0.4 is 0 Å². The van der Waals surface area contributed by atoms with Crippen LogP contribution in [0.5, 0.6) is 0 Å². The van der Waals surface area contributed by atoms with Crippen LogP contribution in [-0.4, -0.2) is 4.98 Å². The summed E-state index contributed by atoms with van der Waals surface area (Å²) in [6.07, 6.45) is 0. The predicted octanol–water partition coefficient (Wildman–Crippen LogP) is 5.71. The molecule has 0 bridgehead atoms. The quantitative estimate of drug-likeness (QED) is 0.462. The summed E-state index contributed by atoms with van der Waals surface area (Å²) in [5.41, 5.74) is 4.98. The van der Waals surface area contributed by atoms with Gasteiger partial charge in [-0.05, 0) is 35.4 Å². The Morgan fingerprint density at radius 3 is 2.13 bits per heavy atom. The van der Waals surface area contributed by atoms with Gasteiger partial charge in [0, 0.05) is 10.9 Å². The highest BCUT2D eigenvalue weighted by Crippen LogP contribution is 2.32. The number of hydrogen-bond acceptors (Lipinski definition) is 1. The Hall–Kier alpha value is -3.00. The molecule has 110 valence electrons. The van der Waals surface area contributed by atoms with E-state index in [4.69, 9.17) is 4.98 Å². The van der Waals surface area contributed by atoms with Crippen LogP contribution in [0.1, 0.15) is 0 Å². The molecule has 0 amide bonds. The largest absolute Gasteiger partial charge is 0.248 e. The van der Waals surface area contributed by atoms with Gasteiger partial charge in [-0.3, -0.25) is 0 Å². The first kappa shape index (κ1) is 13.6. The molecule has 0 aliphatic rings. The molecular weight excluding hydrogens is 285 g/mol. The van der Waals surface area contributed by atoms with Crippen LogP contribution in [0.3, 0.4) is 0 Å². The molecule has 0 N–H and O–H groups in total. The minimum atomic E-state index is -0.226. The van der Waals surface area contributed by atoms with Crippen LogP contribution in [0.4, 0.5) is 4.39 Å². The molecule has 2 heteroatoms. The molecule has 4 aromatic rings. The van der Waals surface area contributed by atoms with Gasteiger partial charge in [0.05, 0.1) is 11.2 Å². The van der Waals surface area contributed by atoms with Crippen molar-refractivity contribution < 1.29 is 4.39 Å². The van der Waals surface area contributed by atoms with E-state index in [9.17, 15) is 4.39 Å². The maximum Gasteiger partial charge on any atom is 0.123 e. The molecule has 1 nitrogen and oxygen atoms in total. The predicted molar refractivity (Wildman–Crippen MR) is 92.6 cm³/mol. The summed E-state index contributed by atoms with van der Waals surface area (Å²) in [5.74, 6) is -0.226. The van der Waals surface area contributed by atoms with Crippen LogP contribution in [0.15, 0.2) is 84.9 Å². The first-order valence-corrected chi connectivity index (χ1v) is 7.52. The molecule has 0 aliphatic heterocycles. The van der Waals surface area contributed by atoms with Crippen molar-refractivity contribution in [2.75, 3.05) is 0 Å². The van der Waals surface area contributed by atoms with E-state index in [-0.39, 0.29) is 5.82 Å². The minimum absolute atomic E-state index is 0.226. The average Bonchev–Trinajstić information content (AvgIpc) is 2.62. The standard InChI is InChI=1S/C21H14FN/c22-17-12-10-15(11-13-17)19-14-21(16-6-2-1-3-7-16)23-20-9-5-4-8-18(19)20/h1-14H. The van der Waals surface area contributed by atoms with E-state index >= 15 is 0 Å². The van der Waals surface area contributed by atoms with E-state index in [1.807, 2.05) is 60.7 Å². The molecule has 0 aliphatic carbocycles. The van der Waals surface area contributed by atoms with E-state index in [2.05, 4.69) is 12.1 Å². The molecule has 0 spiro atoms. The Morgan fingerprint density at radius 1 is 0.652 bits per heavy atom. The highest BCUT2D eigenvalue weighted by molar-refractivity contribution is 5.96. The number of hydrogen-bond donors (Lipinski definition) is 0. The summed E-state index contributed by atoms with van der Waals surface area (Å²) < 4.78 is 13.2. The number of fused-ring (bicyclic) bond motifs is 1. The SMILES string of the molecule is Fc1ccc(-c2cc(-c3ccccc3)nc3ccccc23)cc1. The van der Waals surface area contributed by atoms with Crippen LogP contribution in [-0.2, 0) is 0 Å². The van der Waals surface area contributed by atoms with Gasteiger partial charge in [-0.15, -0.1) is 0 Å². The summed E-state index contributed by atoms with van der Waals surface area (Å²) in [5, 5.41) is 1.07. The van der Waals surface area contributed by atoms with Crippen molar-refractivity contribution >= 4 is 10.9 Å². The molecule has 1 aromatic heterocycles. The van der Waals surface area contributed by atoms with Crippen molar-refractivity contribution in [2.45, 2.75) is 0 Å². The van der Waals surface area contributed by atoms with Crippen molar-refractivity contribution in [3.63, 3.8) is 0 Å². The van der Waals surface area contributed by atoms with Crippen LogP contribution in [0.25, 0.3) is 33.3 Å². The fraction of sp³-hybridized carbons (Fsp3) is 0. The third-order valence-electron chi connectivity index (χ3n) is 3.94. The maximum absolute atomic E-state index is 13.2. The van der Waals surface area contributed by atoms with Gasteiger partial charge < -0.3 is 0 Å². The fourth-order valence-electron chi connectivity index (χ4n) is 2.80. The fourth-order valence-corrected chi connectivity index (χ4v) is 2.80. The van der Waals surface area contributed by atoms with Gasteiger partial charge in [0.2, 0.25) is 0 Å². The maximum atomic E-state index is 13.2. The summed E-state index contributed by atoms with van der Waals surface area (Å²) in [6, 6.07) is 26.8. The third kappa shape index (κ3) is 2.59. The summed E-state index contributed by atoms with van der Waals surface area (Å²) in [6.45, 7) is 0. The number of pyridine rings is 1. The van der Waals surface area contributed by atoms with Crippen molar-refractivity contribution in [3.05, 3.63) is 90.7 Å². The monoisotopic (exact) mass is 299 g/mol. The number of nitrogens with zero attached hydrogens (tertiary/aromatic N) is 1. The number of rotatable bonds is 2. The Bertz CT molecular complexity index is 960. The van der Waals surface area contributed by atoms with Crippen LogP contribution >= 0.6 is 0 Å². The minimum Gasteiger partial charge on any atom is -0.248 e. The molecule has 0 radical (unpaired) electrons. The van der Waals surface area contributed by atoms with Gasteiger partial charge in [0.1, 0.15) is 5.82 Å². The van der Waals surface area contributed by atoms with E-state index in [1.165, 1.54) is 12.1 Å². The molecule has 0 fully saturated rings. The molecule has 0 atom stereocenters. The Morgan fingerprint density at radius 2 is 1.35 bits per heavy atom. The van der Waals surface area contributed by atoms with Crippen LogP contribution in [0, 0.1) is 5.82 Å². The van der Waals surface area contributed by atoms with Gasteiger partial charge in [-0.25, -0.2) is 9.37 Å². The third-order valence-corrected chi connectivity index (χ3v) is 3.94. The Balaban J connectivity index is 2.00. The number of halogens is 1. The zero-order valence-corrected chi connectivity index (χ0v) is 12.4. The molecule has 4 rings (SSSR count). The summed E-state index contributed by atoms with van der Waals surface area (Å²) in [7, 11) is 0. The van der Waals surface area contributed by atoms with Gasteiger partial charge in [-0.2, -0.15) is 0 Å². The highest BCUT2D eigenvalue weighted by Gasteiger charge is 2.09. The van der Waals surface area contributed by atoms with E-state index in [0.29, 0.717) is 0 Å². The number of benzene rings is 3. The Kier molecular flexibility index (Phi) is 3.35. The second-order valence-electron chi connectivity index (χ2n) is 5.45. The van der Waals surface area contributed by atoms with Crippen molar-refractivity contribution in [1.82, 2.24) is 4.98 Å². The normalized spacial score (nSPS) is 10.8. The van der Waals surface area contributed by atoms with Gasteiger partial charge in [0.25, 0.3) is 0 Å². The average molecular weight is 299 g/mol. The second kappa shape index (κ2) is 5.65. The van der Waals surface area contributed by atoms with Gasteiger partial charge in [-0.1, -0.05) is 60.7 Å². The second-order valence-corrected chi connectivity index (χ2v) is 5.45. The van der Waals surface area contributed by atoms with Gasteiger partial charge in [0.15, 0.2) is 0 Å². The molecular formula is C21H14FN. The summed E-state index contributed by atoms with van der Waals surface area (Å²) in [4.78, 5) is 4.78. The van der Waals surface area contributed by atoms with Crippen molar-refractivity contribution in [3.8, 4) is 22.4 Å². The first-order valence-electron chi connectivity index (χ1n) is 7.52. The van der Waals surface area contributed by atoms with Gasteiger partial charge >= 0.3 is 0 Å². The summed E-state index contributed by atoms with van der Waals surface area (Å²) >= 11 is 0. The molecule has 1 heterocycles. The lowest BCUT2D eigenvalue weighted by molar-refractivity contribution is 0.628. The molecule has 0 saturated carbocycles.